The molecule has 0 saturated carbocycles. The van der Waals surface area contributed by atoms with Gasteiger partial charge in [0.15, 0.2) is 14.5 Å². The van der Waals surface area contributed by atoms with Gasteiger partial charge in [0.2, 0.25) is 0 Å². The van der Waals surface area contributed by atoms with Gasteiger partial charge >= 0.3 is 0 Å². The molecule has 0 fully saturated rings. The van der Waals surface area contributed by atoms with E-state index in [1.54, 1.807) is 12.1 Å². The van der Waals surface area contributed by atoms with Gasteiger partial charge in [-0.25, -0.2) is 8.42 Å². The van der Waals surface area contributed by atoms with Crippen LogP contribution in [0.1, 0.15) is 11.6 Å². The number of sulfone groups is 1. The second-order valence-electron chi connectivity index (χ2n) is 3.71. The Morgan fingerprint density at radius 3 is 2.76 bits per heavy atom. The summed E-state index contributed by atoms with van der Waals surface area (Å²) in [4.78, 5) is 0.0945. The van der Waals surface area contributed by atoms with Gasteiger partial charge in [-0.3, -0.25) is 0 Å². The SMILES string of the molecule is O=S1(=O)c2c(Cl)cccc2C(NCCO)C1Cl. The van der Waals surface area contributed by atoms with Crippen LogP contribution in [0.15, 0.2) is 23.1 Å². The molecule has 1 heterocycles. The average molecular weight is 296 g/mol. The van der Waals surface area contributed by atoms with Crippen molar-refractivity contribution in [2.24, 2.45) is 0 Å². The summed E-state index contributed by atoms with van der Waals surface area (Å²) in [6.45, 7) is 0.186. The molecule has 0 amide bonds. The zero-order valence-electron chi connectivity index (χ0n) is 8.73. The van der Waals surface area contributed by atoms with Crippen molar-refractivity contribution in [1.82, 2.24) is 5.32 Å². The van der Waals surface area contributed by atoms with Crippen LogP contribution >= 0.6 is 23.2 Å². The lowest BCUT2D eigenvalue weighted by atomic mass is 10.1. The van der Waals surface area contributed by atoms with Gasteiger partial charge < -0.3 is 10.4 Å². The Balaban J connectivity index is 2.52. The van der Waals surface area contributed by atoms with E-state index in [0.717, 1.165) is 0 Å². The Bertz CT molecular complexity index is 532. The van der Waals surface area contributed by atoms with E-state index in [2.05, 4.69) is 5.32 Å². The second-order valence-corrected chi connectivity index (χ2v) is 6.85. The van der Waals surface area contributed by atoms with Crippen molar-refractivity contribution in [3.05, 3.63) is 28.8 Å². The Morgan fingerprint density at radius 1 is 1.41 bits per heavy atom. The lowest BCUT2D eigenvalue weighted by molar-refractivity contribution is 0.286. The first kappa shape index (κ1) is 13.1. The lowest BCUT2D eigenvalue weighted by Crippen LogP contribution is -2.30. The third-order valence-corrected chi connectivity index (χ3v) is 5.92. The van der Waals surface area contributed by atoms with Gasteiger partial charge in [-0.2, -0.15) is 0 Å². The molecule has 0 saturated heterocycles. The van der Waals surface area contributed by atoms with Gasteiger partial charge in [0.1, 0.15) is 0 Å². The number of hydrogen-bond donors (Lipinski definition) is 2. The minimum Gasteiger partial charge on any atom is -0.395 e. The van der Waals surface area contributed by atoms with E-state index in [1.165, 1.54) is 6.07 Å². The topological polar surface area (TPSA) is 66.4 Å². The van der Waals surface area contributed by atoms with E-state index in [9.17, 15) is 8.42 Å². The van der Waals surface area contributed by atoms with Crippen molar-refractivity contribution in [3.63, 3.8) is 0 Å². The number of halogens is 2. The quantitative estimate of drug-likeness (QED) is 0.826. The average Bonchev–Trinajstić information content (AvgIpc) is 2.47. The molecule has 2 unspecified atom stereocenters. The van der Waals surface area contributed by atoms with Crippen LogP contribution in [0.3, 0.4) is 0 Å². The molecule has 2 rings (SSSR count). The van der Waals surface area contributed by atoms with Gasteiger partial charge in [-0.15, -0.1) is 11.6 Å². The highest BCUT2D eigenvalue weighted by molar-refractivity contribution is 7.93. The van der Waals surface area contributed by atoms with Crippen LogP contribution in [0, 0.1) is 0 Å². The number of hydrogen-bond acceptors (Lipinski definition) is 4. The van der Waals surface area contributed by atoms with Crippen LogP contribution in [0.4, 0.5) is 0 Å². The summed E-state index contributed by atoms with van der Waals surface area (Å²) < 4.78 is 23.0. The van der Waals surface area contributed by atoms with Crippen molar-refractivity contribution in [2.45, 2.75) is 15.6 Å². The normalized spacial score (nSPS) is 25.8. The summed E-state index contributed by atoms with van der Waals surface area (Å²) in [6.07, 6.45) is 0. The highest BCUT2D eigenvalue weighted by Crippen LogP contribution is 2.44. The second kappa shape index (κ2) is 4.74. The maximum atomic E-state index is 12.1. The number of alkyl halides is 1. The fourth-order valence-corrected chi connectivity index (χ4v) is 4.61. The fraction of sp³-hybridized carbons (Fsp3) is 0.400. The molecule has 0 bridgehead atoms. The van der Waals surface area contributed by atoms with E-state index in [0.29, 0.717) is 5.56 Å². The number of aliphatic hydroxyl groups is 1. The maximum absolute atomic E-state index is 12.1. The molecule has 7 heteroatoms. The van der Waals surface area contributed by atoms with E-state index in [-0.39, 0.29) is 23.1 Å². The third kappa shape index (κ3) is 2.06. The Morgan fingerprint density at radius 2 is 2.12 bits per heavy atom. The Labute approximate surface area is 109 Å². The molecule has 1 aliphatic rings. The molecule has 0 aliphatic carbocycles. The molecule has 2 N–H and O–H groups in total. The number of rotatable bonds is 3. The highest BCUT2D eigenvalue weighted by atomic mass is 35.5. The predicted octanol–water partition coefficient (Wildman–Crippen LogP) is 1.32. The minimum atomic E-state index is -3.61. The van der Waals surface area contributed by atoms with E-state index in [4.69, 9.17) is 28.3 Å². The van der Waals surface area contributed by atoms with Crippen LogP contribution < -0.4 is 5.32 Å². The predicted molar refractivity (Wildman–Crippen MR) is 66.1 cm³/mol. The van der Waals surface area contributed by atoms with Crippen LogP contribution in [0.5, 0.6) is 0 Å². The number of nitrogens with one attached hydrogen (secondary N) is 1. The first-order valence-corrected chi connectivity index (χ1v) is 7.37. The molecule has 0 aromatic heterocycles. The van der Waals surface area contributed by atoms with Crippen molar-refractivity contribution >= 4 is 33.0 Å². The molecular formula is C10H11Cl2NO3S. The molecule has 0 radical (unpaired) electrons. The fourth-order valence-electron chi connectivity index (χ4n) is 1.93. The molecule has 0 spiro atoms. The summed E-state index contributed by atoms with van der Waals surface area (Å²) in [7, 11) is -3.61. The van der Waals surface area contributed by atoms with Gasteiger partial charge in [0.25, 0.3) is 0 Å². The number of aliphatic hydroxyl groups excluding tert-OH is 1. The van der Waals surface area contributed by atoms with E-state index >= 15 is 0 Å². The Kier molecular flexibility index (Phi) is 3.66. The number of benzene rings is 1. The summed E-state index contributed by atoms with van der Waals surface area (Å²) in [5.74, 6) is 0. The highest BCUT2D eigenvalue weighted by Gasteiger charge is 2.44. The lowest BCUT2D eigenvalue weighted by Gasteiger charge is -2.14. The molecule has 2 atom stereocenters. The van der Waals surface area contributed by atoms with Crippen LogP contribution in [0.25, 0.3) is 0 Å². The molecule has 1 aromatic rings. The zero-order chi connectivity index (χ0) is 12.6. The summed E-state index contributed by atoms with van der Waals surface area (Å²) in [6, 6.07) is 4.34. The standard InChI is InChI=1S/C10H11Cl2NO3S/c11-7-3-1-2-6-8(13-4-5-14)10(12)17(15,16)9(6)7/h1-3,8,10,13-14H,4-5H2. The van der Waals surface area contributed by atoms with Crippen molar-refractivity contribution in [3.8, 4) is 0 Å². The molecule has 1 aromatic carbocycles. The van der Waals surface area contributed by atoms with Gasteiger partial charge in [-0.05, 0) is 11.6 Å². The smallest absolute Gasteiger partial charge is 0.198 e. The first-order chi connectivity index (χ1) is 8.00. The monoisotopic (exact) mass is 295 g/mol. The minimum absolute atomic E-state index is 0.0872. The first-order valence-electron chi connectivity index (χ1n) is 5.00. The van der Waals surface area contributed by atoms with Crippen molar-refractivity contribution in [1.29, 1.82) is 0 Å². The molecule has 17 heavy (non-hydrogen) atoms. The summed E-state index contributed by atoms with van der Waals surface area (Å²) in [5, 5.41) is 11.8. The van der Waals surface area contributed by atoms with Crippen LogP contribution in [-0.4, -0.2) is 31.4 Å². The summed E-state index contributed by atoms with van der Waals surface area (Å²) >= 11 is 11.9. The van der Waals surface area contributed by atoms with Crippen molar-refractivity contribution in [2.75, 3.05) is 13.2 Å². The van der Waals surface area contributed by atoms with E-state index < -0.39 is 20.6 Å². The van der Waals surface area contributed by atoms with Gasteiger partial charge in [0.05, 0.1) is 22.6 Å². The summed E-state index contributed by atoms with van der Waals surface area (Å²) in [5.41, 5.74) is 0.561. The zero-order valence-corrected chi connectivity index (χ0v) is 11.1. The molecule has 94 valence electrons. The largest absolute Gasteiger partial charge is 0.395 e. The van der Waals surface area contributed by atoms with Crippen LogP contribution in [0.2, 0.25) is 5.02 Å². The molecular weight excluding hydrogens is 285 g/mol. The Hall–Kier alpha value is -0.330. The molecule has 4 nitrogen and oxygen atoms in total. The number of fused-ring (bicyclic) bond motifs is 1. The van der Waals surface area contributed by atoms with E-state index in [1.807, 2.05) is 0 Å². The van der Waals surface area contributed by atoms with Crippen molar-refractivity contribution < 1.29 is 13.5 Å². The third-order valence-electron chi connectivity index (χ3n) is 2.65. The maximum Gasteiger partial charge on any atom is 0.198 e. The van der Waals surface area contributed by atoms with Gasteiger partial charge in [-0.1, -0.05) is 23.7 Å². The molecule has 1 aliphatic heterocycles. The van der Waals surface area contributed by atoms with Gasteiger partial charge in [0, 0.05) is 6.54 Å². The van der Waals surface area contributed by atoms with Crippen LogP contribution in [-0.2, 0) is 9.84 Å².